The molecule has 1 N–H and O–H groups in total. The zero-order valence-corrected chi connectivity index (χ0v) is 14.2. The minimum atomic E-state index is -0.251. The second-order valence-electron chi connectivity index (χ2n) is 5.14. The van der Waals surface area contributed by atoms with Gasteiger partial charge in [-0.05, 0) is 47.9 Å². The second kappa shape index (κ2) is 7.19. The van der Waals surface area contributed by atoms with Crippen molar-refractivity contribution in [3.8, 4) is 0 Å². The molecule has 0 amide bonds. The Balaban J connectivity index is 1.79. The summed E-state index contributed by atoms with van der Waals surface area (Å²) in [6, 6.07) is 7.60. The summed E-state index contributed by atoms with van der Waals surface area (Å²) in [6.07, 6.45) is 2.30. The van der Waals surface area contributed by atoms with Crippen molar-refractivity contribution in [1.82, 2.24) is 9.97 Å². The first kappa shape index (κ1) is 16.1. The van der Waals surface area contributed by atoms with Gasteiger partial charge in [0.25, 0.3) is 0 Å². The van der Waals surface area contributed by atoms with Gasteiger partial charge in [-0.15, -0.1) is 11.8 Å². The molecule has 120 valence electrons. The van der Waals surface area contributed by atoms with Crippen LogP contribution in [0, 0.1) is 0 Å². The zero-order chi connectivity index (χ0) is 16.2. The van der Waals surface area contributed by atoms with Crippen LogP contribution in [0.15, 0.2) is 29.2 Å². The van der Waals surface area contributed by atoms with Crippen LogP contribution >= 0.6 is 23.4 Å². The number of aryl methyl sites for hydroxylation is 1. The molecule has 1 aliphatic rings. The van der Waals surface area contributed by atoms with Crippen LogP contribution in [-0.2, 0) is 22.4 Å². The Bertz CT molecular complexity index is 722. The molecular formula is C16H16ClN3O2S. The summed E-state index contributed by atoms with van der Waals surface area (Å²) in [4.78, 5) is 21.0. The van der Waals surface area contributed by atoms with Gasteiger partial charge in [-0.2, -0.15) is 4.98 Å². The van der Waals surface area contributed by atoms with Gasteiger partial charge >= 0.3 is 5.97 Å². The van der Waals surface area contributed by atoms with Crippen LogP contribution in [0.25, 0.3) is 0 Å². The maximum Gasteiger partial charge on any atom is 0.309 e. The van der Waals surface area contributed by atoms with Crippen molar-refractivity contribution in [1.29, 1.82) is 0 Å². The Morgan fingerprint density at radius 3 is 2.87 bits per heavy atom. The lowest BCUT2D eigenvalue weighted by atomic mass is 10.1. The van der Waals surface area contributed by atoms with E-state index in [-0.39, 0.29) is 17.7 Å². The summed E-state index contributed by atoms with van der Waals surface area (Å²) >= 11 is 7.77. The fourth-order valence-corrected chi connectivity index (χ4v) is 3.60. The van der Waals surface area contributed by atoms with Crippen LogP contribution < -0.4 is 5.32 Å². The van der Waals surface area contributed by atoms with Gasteiger partial charge < -0.3 is 10.1 Å². The molecule has 0 radical (unpaired) electrons. The fourth-order valence-electron chi connectivity index (χ4n) is 2.37. The van der Waals surface area contributed by atoms with Gasteiger partial charge in [-0.1, -0.05) is 12.1 Å². The molecule has 0 atom stereocenters. The second-order valence-corrected chi connectivity index (χ2v) is 6.59. The number of nitrogens with zero attached hydrogens (tertiary/aromatic N) is 2. The van der Waals surface area contributed by atoms with Gasteiger partial charge in [0, 0.05) is 5.69 Å². The predicted molar refractivity (Wildman–Crippen MR) is 91.5 cm³/mol. The summed E-state index contributed by atoms with van der Waals surface area (Å²) in [7, 11) is 1.39. The first-order valence-electron chi connectivity index (χ1n) is 7.27. The van der Waals surface area contributed by atoms with Crippen molar-refractivity contribution in [3.63, 3.8) is 0 Å². The van der Waals surface area contributed by atoms with E-state index in [0.29, 0.717) is 0 Å². The Kier molecular flexibility index (Phi) is 5.03. The van der Waals surface area contributed by atoms with E-state index in [9.17, 15) is 4.79 Å². The topological polar surface area (TPSA) is 64.1 Å². The van der Waals surface area contributed by atoms with Crippen molar-refractivity contribution < 1.29 is 9.53 Å². The van der Waals surface area contributed by atoms with Crippen molar-refractivity contribution in [3.05, 3.63) is 40.8 Å². The van der Waals surface area contributed by atoms with Crippen molar-refractivity contribution >= 4 is 40.8 Å². The van der Waals surface area contributed by atoms with Gasteiger partial charge in [-0.25, -0.2) is 4.98 Å². The van der Waals surface area contributed by atoms with Gasteiger partial charge in [-0.3, -0.25) is 4.79 Å². The molecule has 1 aromatic heterocycles. The molecule has 2 aromatic rings. The molecule has 5 nitrogen and oxygen atoms in total. The molecule has 0 saturated carbocycles. The lowest BCUT2D eigenvalue weighted by Crippen LogP contribution is -2.08. The lowest BCUT2D eigenvalue weighted by molar-refractivity contribution is -0.139. The maximum absolute atomic E-state index is 11.3. The van der Waals surface area contributed by atoms with E-state index < -0.39 is 0 Å². The molecular weight excluding hydrogens is 334 g/mol. The van der Waals surface area contributed by atoms with Crippen LogP contribution in [0.3, 0.4) is 0 Å². The highest BCUT2D eigenvalue weighted by atomic mass is 35.5. The van der Waals surface area contributed by atoms with E-state index in [1.165, 1.54) is 7.11 Å². The third kappa shape index (κ3) is 3.95. The Hall–Kier alpha value is -1.79. The van der Waals surface area contributed by atoms with Crippen LogP contribution in [-0.4, -0.2) is 28.8 Å². The lowest BCUT2D eigenvalue weighted by Gasteiger charge is -2.18. The predicted octanol–water partition coefficient (Wildman–Crippen LogP) is 3.63. The van der Waals surface area contributed by atoms with E-state index in [2.05, 4.69) is 20.0 Å². The number of ether oxygens (including phenoxy) is 1. The van der Waals surface area contributed by atoms with E-state index >= 15 is 0 Å². The molecule has 1 aromatic carbocycles. The number of halogens is 1. The highest BCUT2D eigenvalue weighted by Gasteiger charge is 2.18. The number of aromatic nitrogens is 2. The average Bonchev–Trinajstić information content (AvgIpc) is 2.56. The van der Waals surface area contributed by atoms with Crippen LogP contribution in [0.5, 0.6) is 0 Å². The summed E-state index contributed by atoms with van der Waals surface area (Å²) in [5.74, 6) is 1.55. The van der Waals surface area contributed by atoms with Gasteiger partial charge in [0.1, 0.15) is 5.82 Å². The van der Waals surface area contributed by atoms with Gasteiger partial charge in [0.05, 0.1) is 24.1 Å². The Morgan fingerprint density at radius 2 is 2.13 bits per heavy atom. The number of methoxy groups -OCH3 is 1. The number of esters is 1. The molecule has 7 heteroatoms. The van der Waals surface area contributed by atoms with Crippen molar-refractivity contribution in [2.45, 2.75) is 24.2 Å². The molecule has 0 saturated heterocycles. The molecule has 0 spiro atoms. The van der Waals surface area contributed by atoms with E-state index in [0.717, 1.165) is 46.3 Å². The number of carbonyl (C=O) groups excluding carboxylic acids is 1. The first-order valence-corrected chi connectivity index (χ1v) is 8.64. The number of hydrogen-bond donors (Lipinski definition) is 1. The Morgan fingerprint density at radius 1 is 1.35 bits per heavy atom. The molecule has 1 aliphatic heterocycles. The van der Waals surface area contributed by atoms with Crippen LogP contribution in [0.1, 0.15) is 17.7 Å². The first-order chi connectivity index (χ1) is 11.2. The number of thioether (sulfide) groups is 1. The number of nitrogens with one attached hydrogen (secondary N) is 1. The maximum atomic E-state index is 11.3. The largest absolute Gasteiger partial charge is 0.469 e. The standard InChI is InChI=1S/C16H16ClN3O2S/c1-22-13(21)9-10-4-6-11(7-5-10)18-15-14-12(3-2-8-23-14)19-16(17)20-15/h4-7H,2-3,8-9H2,1H3,(H,18,19,20). The van der Waals surface area contributed by atoms with E-state index in [4.69, 9.17) is 11.6 Å². The average molecular weight is 350 g/mol. The molecule has 23 heavy (non-hydrogen) atoms. The van der Waals surface area contributed by atoms with Crippen molar-refractivity contribution in [2.24, 2.45) is 0 Å². The smallest absolute Gasteiger partial charge is 0.309 e. The quantitative estimate of drug-likeness (QED) is 0.671. The summed E-state index contributed by atoms with van der Waals surface area (Å²) in [5, 5.41) is 3.56. The van der Waals surface area contributed by atoms with Gasteiger partial charge in [0.2, 0.25) is 5.28 Å². The minimum Gasteiger partial charge on any atom is -0.469 e. The molecule has 3 rings (SSSR count). The van der Waals surface area contributed by atoms with Crippen LogP contribution in [0.4, 0.5) is 11.5 Å². The van der Waals surface area contributed by atoms with E-state index in [1.807, 2.05) is 24.3 Å². The third-order valence-corrected chi connectivity index (χ3v) is 4.89. The molecule has 0 aliphatic carbocycles. The summed E-state index contributed by atoms with van der Waals surface area (Å²) < 4.78 is 4.67. The number of carbonyl (C=O) groups is 1. The highest BCUT2D eigenvalue weighted by molar-refractivity contribution is 7.99. The van der Waals surface area contributed by atoms with Gasteiger partial charge in [0.15, 0.2) is 0 Å². The monoisotopic (exact) mass is 349 g/mol. The molecule has 0 bridgehead atoms. The number of anilines is 2. The molecule has 0 fully saturated rings. The SMILES string of the molecule is COC(=O)Cc1ccc(Nc2nc(Cl)nc3c2SCCC3)cc1. The number of rotatable bonds is 4. The number of benzene rings is 1. The number of fused-ring (bicyclic) bond motifs is 1. The molecule has 0 unspecified atom stereocenters. The number of hydrogen-bond acceptors (Lipinski definition) is 6. The summed E-state index contributed by atoms with van der Waals surface area (Å²) in [5.41, 5.74) is 2.80. The van der Waals surface area contributed by atoms with Crippen molar-refractivity contribution in [2.75, 3.05) is 18.2 Å². The van der Waals surface area contributed by atoms with E-state index in [1.54, 1.807) is 11.8 Å². The third-order valence-electron chi connectivity index (χ3n) is 3.51. The van der Waals surface area contributed by atoms with Crippen LogP contribution in [0.2, 0.25) is 5.28 Å². The highest BCUT2D eigenvalue weighted by Crippen LogP contribution is 2.36. The summed E-state index contributed by atoms with van der Waals surface area (Å²) in [6.45, 7) is 0. The normalized spacial score (nSPS) is 13.3. The minimum absolute atomic E-state index is 0.251. The molecule has 2 heterocycles. The zero-order valence-electron chi connectivity index (χ0n) is 12.6. The Labute approximate surface area is 143 Å². The fraction of sp³-hybridized carbons (Fsp3) is 0.312.